The Morgan fingerprint density at radius 2 is 2.21 bits per heavy atom. The molecule has 104 valence electrons. The number of piperidine rings is 1. The smallest absolute Gasteiger partial charge is 0.271 e. The van der Waals surface area contributed by atoms with Crippen LogP contribution in [0, 0.1) is 0 Å². The van der Waals surface area contributed by atoms with E-state index in [1.807, 2.05) is 6.07 Å². The van der Waals surface area contributed by atoms with Gasteiger partial charge in [-0.3, -0.25) is 9.69 Å². The highest BCUT2D eigenvalue weighted by Gasteiger charge is 2.18. The molecule has 1 aliphatic heterocycles. The number of nitrogens with zero attached hydrogens (tertiary/aromatic N) is 2. The molecule has 0 saturated carbocycles. The van der Waals surface area contributed by atoms with Crippen LogP contribution < -0.4 is 5.32 Å². The first kappa shape index (κ1) is 14.5. The molecule has 0 radical (unpaired) electrons. The predicted octanol–water partition coefficient (Wildman–Crippen LogP) is 2.45. The molecule has 4 nitrogen and oxygen atoms in total. The van der Waals surface area contributed by atoms with Gasteiger partial charge in [0.1, 0.15) is 5.69 Å². The summed E-state index contributed by atoms with van der Waals surface area (Å²) in [5, 5.41) is 2.96. The second-order valence-corrected chi connectivity index (χ2v) is 5.84. The number of nitrogens with one attached hydrogen (secondary N) is 1. The molecular weight excluding hydrogens is 306 g/mol. The summed E-state index contributed by atoms with van der Waals surface area (Å²) in [4.78, 5) is 18.6. The average Bonchev–Trinajstić information content (AvgIpc) is 2.46. The van der Waals surface area contributed by atoms with Gasteiger partial charge in [-0.25, -0.2) is 4.98 Å². The maximum atomic E-state index is 12.0. The number of carbonyl (C=O) groups is 1. The number of amides is 1. The van der Waals surface area contributed by atoms with Crippen molar-refractivity contribution in [3.8, 4) is 0 Å². The minimum atomic E-state index is -0.115. The summed E-state index contributed by atoms with van der Waals surface area (Å²) >= 11 is 3.35. The van der Waals surface area contributed by atoms with Crippen molar-refractivity contribution in [2.45, 2.75) is 32.2 Å². The zero-order valence-corrected chi connectivity index (χ0v) is 12.8. The third-order valence-corrected chi connectivity index (χ3v) is 4.19. The number of hydrogen-bond acceptors (Lipinski definition) is 3. The lowest BCUT2D eigenvalue weighted by Gasteiger charge is -2.32. The van der Waals surface area contributed by atoms with Gasteiger partial charge in [0.2, 0.25) is 0 Å². The highest BCUT2D eigenvalue weighted by atomic mass is 79.9. The van der Waals surface area contributed by atoms with Crippen LogP contribution in [0.15, 0.2) is 22.8 Å². The van der Waals surface area contributed by atoms with E-state index in [0.29, 0.717) is 18.3 Å². The molecule has 19 heavy (non-hydrogen) atoms. The lowest BCUT2D eigenvalue weighted by molar-refractivity contribution is 0.0924. The molecule has 1 aromatic rings. The van der Waals surface area contributed by atoms with Crippen LogP contribution in [-0.4, -0.2) is 41.5 Å². The Hall–Kier alpha value is -0.940. The van der Waals surface area contributed by atoms with E-state index in [1.165, 1.54) is 19.3 Å². The van der Waals surface area contributed by atoms with E-state index in [-0.39, 0.29) is 5.91 Å². The third-order valence-electron chi connectivity index (χ3n) is 3.55. The van der Waals surface area contributed by atoms with E-state index >= 15 is 0 Å². The summed E-state index contributed by atoms with van der Waals surface area (Å²) in [6.45, 7) is 5.12. The van der Waals surface area contributed by atoms with E-state index in [2.05, 4.69) is 38.1 Å². The molecule has 2 heterocycles. The topological polar surface area (TPSA) is 45.2 Å². The summed E-state index contributed by atoms with van der Waals surface area (Å²) in [7, 11) is 0. The zero-order valence-electron chi connectivity index (χ0n) is 11.2. The normalized spacial score (nSPS) is 18.0. The maximum absolute atomic E-state index is 12.0. The van der Waals surface area contributed by atoms with Crippen LogP contribution in [0.1, 0.15) is 36.7 Å². The van der Waals surface area contributed by atoms with Gasteiger partial charge in [-0.2, -0.15) is 0 Å². The summed E-state index contributed by atoms with van der Waals surface area (Å²) in [6.07, 6.45) is 5.50. The van der Waals surface area contributed by atoms with Crippen LogP contribution >= 0.6 is 15.9 Å². The lowest BCUT2D eigenvalue weighted by atomic mass is 10.1. The Kier molecular flexibility index (Phi) is 5.34. The highest BCUT2D eigenvalue weighted by Crippen LogP contribution is 2.14. The molecule has 1 amide bonds. The number of halogens is 1. The molecule has 1 atom stereocenters. The molecule has 0 aliphatic carbocycles. The van der Waals surface area contributed by atoms with E-state index < -0.39 is 0 Å². The molecule has 5 heteroatoms. The van der Waals surface area contributed by atoms with E-state index in [0.717, 1.165) is 17.6 Å². The van der Waals surface area contributed by atoms with Crippen LogP contribution in [0.5, 0.6) is 0 Å². The third kappa shape index (κ3) is 4.01. The fourth-order valence-corrected chi connectivity index (χ4v) is 2.80. The van der Waals surface area contributed by atoms with Crippen molar-refractivity contribution in [2.24, 2.45) is 0 Å². The van der Waals surface area contributed by atoms with Crippen molar-refractivity contribution in [2.75, 3.05) is 19.6 Å². The minimum absolute atomic E-state index is 0.115. The number of pyridine rings is 1. The van der Waals surface area contributed by atoms with Crippen molar-refractivity contribution in [1.82, 2.24) is 15.2 Å². The molecule has 1 fully saturated rings. The number of likely N-dealkylation sites (tertiary alicyclic amines) is 1. The molecular formula is C14H20BrN3O. The van der Waals surface area contributed by atoms with Gasteiger partial charge in [0, 0.05) is 23.3 Å². The standard InChI is InChI=1S/C14H20BrN3O/c1-11(18-8-3-2-4-9-18)10-17-14(19)13-12(15)6-5-7-16-13/h5-7,11H,2-4,8-10H2,1H3,(H,17,19). The Bertz CT molecular complexity index is 432. The number of rotatable bonds is 4. The second-order valence-electron chi connectivity index (χ2n) is 4.99. The minimum Gasteiger partial charge on any atom is -0.349 e. The van der Waals surface area contributed by atoms with Crippen molar-refractivity contribution >= 4 is 21.8 Å². The zero-order chi connectivity index (χ0) is 13.7. The van der Waals surface area contributed by atoms with Crippen LogP contribution in [0.2, 0.25) is 0 Å². The molecule has 0 aromatic carbocycles. The number of hydrogen-bond donors (Lipinski definition) is 1. The van der Waals surface area contributed by atoms with Crippen molar-refractivity contribution in [1.29, 1.82) is 0 Å². The monoisotopic (exact) mass is 325 g/mol. The molecule has 0 spiro atoms. The molecule has 1 aliphatic rings. The largest absolute Gasteiger partial charge is 0.349 e. The maximum Gasteiger partial charge on any atom is 0.271 e. The lowest BCUT2D eigenvalue weighted by Crippen LogP contribution is -2.44. The van der Waals surface area contributed by atoms with Crippen molar-refractivity contribution < 1.29 is 4.79 Å². The quantitative estimate of drug-likeness (QED) is 0.924. The fourth-order valence-electron chi connectivity index (χ4n) is 2.37. The first-order valence-electron chi connectivity index (χ1n) is 6.81. The first-order valence-corrected chi connectivity index (χ1v) is 7.60. The molecule has 1 N–H and O–H groups in total. The molecule has 1 aromatic heterocycles. The summed E-state index contributed by atoms with van der Waals surface area (Å²) in [6, 6.07) is 4.01. The Morgan fingerprint density at radius 3 is 2.89 bits per heavy atom. The fraction of sp³-hybridized carbons (Fsp3) is 0.571. The van der Waals surface area contributed by atoms with Gasteiger partial charge >= 0.3 is 0 Å². The number of aromatic nitrogens is 1. The van der Waals surface area contributed by atoms with Gasteiger partial charge in [0.05, 0.1) is 0 Å². The predicted molar refractivity (Wildman–Crippen MR) is 79.2 cm³/mol. The summed E-state index contributed by atoms with van der Waals surface area (Å²) in [5.41, 5.74) is 0.452. The van der Waals surface area contributed by atoms with Crippen molar-refractivity contribution in [3.05, 3.63) is 28.5 Å². The average molecular weight is 326 g/mol. The second kappa shape index (κ2) is 7.01. The van der Waals surface area contributed by atoms with E-state index in [1.54, 1.807) is 12.3 Å². The summed E-state index contributed by atoms with van der Waals surface area (Å²) in [5.74, 6) is -0.115. The van der Waals surface area contributed by atoms with Gasteiger partial charge in [0.15, 0.2) is 0 Å². The molecule has 1 saturated heterocycles. The number of carbonyl (C=O) groups excluding carboxylic acids is 1. The van der Waals surface area contributed by atoms with Crippen LogP contribution in [-0.2, 0) is 0 Å². The Morgan fingerprint density at radius 1 is 1.47 bits per heavy atom. The van der Waals surface area contributed by atoms with Gasteiger partial charge in [-0.05, 0) is 60.9 Å². The van der Waals surface area contributed by atoms with Gasteiger partial charge < -0.3 is 5.32 Å². The van der Waals surface area contributed by atoms with Gasteiger partial charge in [0.25, 0.3) is 5.91 Å². The molecule has 0 bridgehead atoms. The van der Waals surface area contributed by atoms with Crippen LogP contribution in [0.25, 0.3) is 0 Å². The molecule has 2 rings (SSSR count). The Balaban J connectivity index is 1.84. The van der Waals surface area contributed by atoms with Crippen LogP contribution in [0.3, 0.4) is 0 Å². The van der Waals surface area contributed by atoms with E-state index in [4.69, 9.17) is 0 Å². The highest BCUT2D eigenvalue weighted by molar-refractivity contribution is 9.10. The molecule has 1 unspecified atom stereocenters. The van der Waals surface area contributed by atoms with Gasteiger partial charge in [-0.1, -0.05) is 6.42 Å². The SMILES string of the molecule is CC(CNC(=O)c1ncccc1Br)N1CCCCC1. The van der Waals surface area contributed by atoms with Crippen molar-refractivity contribution in [3.63, 3.8) is 0 Å². The summed E-state index contributed by atoms with van der Waals surface area (Å²) < 4.78 is 0.734. The Labute approximate surface area is 122 Å². The van der Waals surface area contributed by atoms with Crippen LogP contribution in [0.4, 0.5) is 0 Å². The first-order chi connectivity index (χ1) is 9.18. The van der Waals surface area contributed by atoms with E-state index in [9.17, 15) is 4.79 Å². The van der Waals surface area contributed by atoms with Gasteiger partial charge in [-0.15, -0.1) is 0 Å².